The Hall–Kier alpha value is -1.98. The minimum atomic E-state index is -0.999. The molecule has 0 amide bonds. The smallest absolute Gasteiger partial charge is 0.260 e. The van der Waals surface area contributed by atoms with Gasteiger partial charge in [-0.1, -0.05) is 19.0 Å². The Bertz CT molecular complexity index is 581. The minimum absolute atomic E-state index is 0.0676. The van der Waals surface area contributed by atoms with Crippen LogP contribution >= 0.6 is 0 Å². The van der Waals surface area contributed by atoms with Crippen LogP contribution in [0.15, 0.2) is 16.7 Å². The van der Waals surface area contributed by atoms with Gasteiger partial charge in [-0.2, -0.15) is 4.98 Å². The van der Waals surface area contributed by atoms with E-state index in [0.29, 0.717) is 18.2 Å². The zero-order valence-corrected chi connectivity index (χ0v) is 10.8. The number of nitrogen functional groups attached to an aromatic ring is 1. The lowest BCUT2D eigenvalue weighted by Crippen LogP contribution is -1.96. The molecule has 1 heterocycles. The van der Waals surface area contributed by atoms with Crippen molar-refractivity contribution in [1.82, 2.24) is 10.1 Å². The molecule has 0 saturated heterocycles. The van der Waals surface area contributed by atoms with Gasteiger partial charge in [0.1, 0.15) is 0 Å². The molecule has 19 heavy (non-hydrogen) atoms. The van der Waals surface area contributed by atoms with E-state index in [1.54, 1.807) is 0 Å². The highest BCUT2D eigenvalue weighted by atomic mass is 19.2. The van der Waals surface area contributed by atoms with Gasteiger partial charge in [0.2, 0.25) is 0 Å². The van der Waals surface area contributed by atoms with E-state index in [0.717, 1.165) is 18.6 Å². The van der Waals surface area contributed by atoms with Crippen LogP contribution in [0.5, 0.6) is 0 Å². The van der Waals surface area contributed by atoms with Gasteiger partial charge in [-0.15, -0.1) is 0 Å². The molecule has 2 N–H and O–H groups in total. The van der Waals surface area contributed by atoms with Gasteiger partial charge >= 0.3 is 0 Å². The first-order valence-electron chi connectivity index (χ1n) is 6.05. The number of anilines is 1. The van der Waals surface area contributed by atoms with Crippen LogP contribution < -0.4 is 5.73 Å². The third kappa shape index (κ3) is 3.07. The van der Waals surface area contributed by atoms with Gasteiger partial charge in [0, 0.05) is 18.2 Å². The Labute approximate surface area is 109 Å². The fourth-order valence-electron chi connectivity index (χ4n) is 1.63. The van der Waals surface area contributed by atoms with Crippen molar-refractivity contribution >= 4 is 5.69 Å². The van der Waals surface area contributed by atoms with Gasteiger partial charge in [0.15, 0.2) is 17.5 Å². The molecule has 0 fully saturated rings. The third-order valence-electron chi connectivity index (χ3n) is 2.74. The van der Waals surface area contributed by atoms with Crippen LogP contribution in [0.4, 0.5) is 14.5 Å². The lowest BCUT2D eigenvalue weighted by Gasteiger charge is -2.01. The zero-order valence-electron chi connectivity index (χ0n) is 10.8. The lowest BCUT2D eigenvalue weighted by molar-refractivity contribution is 0.418. The summed E-state index contributed by atoms with van der Waals surface area (Å²) in [6, 6.07) is 1.87. The molecule has 1 aromatic heterocycles. The van der Waals surface area contributed by atoms with Crippen molar-refractivity contribution in [2.75, 3.05) is 5.73 Å². The first-order valence-corrected chi connectivity index (χ1v) is 6.05. The van der Waals surface area contributed by atoms with E-state index < -0.39 is 11.6 Å². The number of benzene rings is 1. The fraction of sp³-hybridized carbons (Fsp3) is 0.385. The van der Waals surface area contributed by atoms with Crippen LogP contribution in [0, 0.1) is 17.6 Å². The lowest BCUT2D eigenvalue weighted by atomic mass is 10.1. The summed E-state index contributed by atoms with van der Waals surface area (Å²) in [4.78, 5) is 4.14. The van der Waals surface area contributed by atoms with Crippen LogP contribution in [0.3, 0.4) is 0 Å². The van der Waals surface area contributed by atoms with Gasteiger partial charge in [0.25, 0.3) is 5.89 Å². The summed E-state index contributed by atoms with van der Waals surface area (Å²) in [5.41, 5.74) is 5.90. The molecule has 0 unspecified atom stereocenters. The third-order valence-corrected chi connectivity index (χ3v) is 2.74. The summed E-state index contributed by atoms with van der Waals surface area (Å²) in [6.45, 7) is 4.18. The number of hydrogen-bond donors (Lipinski definition) is 1. The molecule has 1 aromatic carbocycles. The molecule has 0 atom stereocenters. The summed E-state index contributed by atoms with van der Waals surface area (Å²) in [5.74, 6) is -0.829. The van der Waals surface area contributed by atoms with Crippen molar-refractivity contribution in [1.29, 1.82) is 0 Å². The zero-order chi connectivity index (χ0) is 14.0. The second kappa shape index (κ2) is 5.34. The first-order chi connectivity index (χ1) is 8.97. The Kier molecular flexibility index (Phi) is 3.78. The SMILES string of the molecule is CC(C)CCc1noc(-c2cc(F)c(F)cc2N)n1. The maximum Gasteiger partial charge on any atom is 0.260 e. The van der Waals surface area contributed by atoms with Crippen LogP contribution in [-0.4, -0.2) is 10.1 Å². The number of rotatable bonds is 4. The van der Waals surface area contributed by atoms with Crippen LogP contribution in [0.2, 0.25) is 0 Å². The van der Waals surface area contributed by atoms with E-state index in [1.165, 1.54) is 0 Å². The minimum Gasteiger partial charge on any atom is -0.398 e. The fourth-order valence-corrected chi connectivity index (χ4v) is 1.63. The van der Waals surface area contributed by atoms with Gasteiger partial charge < -0.3 is 10.3 Å². The highest BCUT2D eigenvalue weighted by molar-refractivity contribution is 5.70. The molecule has 0 aliphatic rings. The second-order valence-corrected chi connectivity index (χ2v) is 4.80. The first kappa shape index (κ1) is 13.5. The maximum absolute atomic E-state index is 13.2. The van der Waals surface area contributed by atoms with E-state index in [1.807, 2.05) is 0 Å². The summed E-state index contributed by atoms with van der Waals surface area (Å²) >= 11 is 0. The maximum atomic E-state index is 13.2. The molecule has 2 rings (SSSR count). The van der Waals surface area contributed by atoms with Gasteiger partial charge in [-0.05, 0) is 18.4 Å². The predicted molar refractivity (Wildman–Crippen MR) is 67.2 cm³/mol. The van der Waals surface area contributed by atoms with E-state index in [9.17, 15) is 8.78 Å². The summed E-state index contributed by atoms with van der Waals surface area (Å²) in [7, 11) is 0. The number of halogens is 2. The Morgan fingerprint density at radius 1 is 1.26 bits per heavy atom. The topological polar surface area (TPSA) is 64.9 Å². The molecule has 0 aliphatic carbocycles. The van der Waals surface area contributed by atoms with Gasteiger partial charge in [-0.25, -0.2) is 8.78 Å². The van der Waals surface area contributed by atoms with Gasteiger partial charge in [0.05, 0.1) is 5.56 Å². The Balaban J connectivity index is 2.25. The number of hydrogen-bond acceptors (Lipinski definition) is 4. The molecular weight excluding hydrogens is 252 g/mol. The molecule has 0 spiro atoms. The number of nitrogens with two attached hydrogens (primary N) is 1. The Morgan fingerprint density at radius 2 is 1.95 bits per heavy atom. The van der Waals surface area contributed by atoms with Crippen molar-refractivity contribution in [2.45, 2.75) is 26.7 Å². The van der Waals surface area contributed by atoms with E-state index >= 15 is 0 Å². The van der Waals surface area contributed by atoms with Crippen LogP contribution in [-0.2, 0) is 6.42 Å². The molecule has 0 saturated carbocycles. The standard InChI is InChI=1S/C13H15F2N3O/c1-7(2)3-4-12-17-13(19-18-12)8-5-9(14)10(15)6-11(8)16/h5-7H,3-4,16H2,1-2H3. The largest absolute Gasteiger partial charge is 0.398 e. The summed E-state index contributed by atoms with van der Waals surface area (Å²) in [5, 5.41) is 3.80. The molecule has 0 radical (unpaired) electrons. The predicted octanol–water partition coefficient (Wildman–Crippen LogP) is 3.19. The number of nitrogens with zero attached hydrogens (tertiary/aromatic N) is 2. The average Bonchev–Trinajstić information content (AvgIpc) is 2.80. The van der Waals surface area contributed by atoms with E-state index in [-0.39, 0.29) is 17.1 Å². The molecule has 0 aliphatic heterocycles. The van der Waals surface area contributed by atoms with Crippen molar-refractivity contribution in [3.05, 3.63) is 29.6 Å². The van der Waals surface area contributed by atoms with Crippen molar-refractivity contribution in [3.63, 3.8) is 0 Å². The van der Waals surface area contributed by atoms with Crippen molar-refractivity contribution in [3.8, 4) is 11.5 Å². The molecule has 4 nitrogen and oxygen atoms in total. The molecule has 0 bridgehead atoms. The van der Waals surface area contributed by atoms with Crippen molar-refractivity contribution < 1.29 is 13.3 Å². The molecule has 102 valence electrons. The number of aryl methyl sites for hydroxylation is 1. The van der Waals surface area contributed by atoms with Crippen LogP contribution in [0.1, 0.15) is 26.1 Å². The monoisotopic (exact) mass is 267 g/mol. The summed E-state index contributed by atoms with van der Waals surface area (Å²) in [6.07, 6.45) is 1.59. The van der Waals surface area contributed by atoms with Crippen LogP contribution in [0.25, 0.3) is 11.5 Å². The second-order valence-electron chi connectivity index (χ2n) is 4.80. The van der Waals surface area contributed by atoms with E-state index in [4.69, 9.17) is 10.3 Å². The number of aromatic nitrogens is 2. The Morgan fingerprint density at radius 3 is 2.63 bits per heavy atom. The highest BCUT2D eigenvalue weighted by Gasteiger charge is 2.15. The summed E-state index contributed by atoms with van der Waals surface area (Å²) < 4.78 is 31.2. The molecular formula is C13H15F2N3O. The van der Waals surface area contributed by atoms with E-state index in [2.05, 4.69) is 24.0 Å². The highest BCUT2D eigenvalue weighted by Crippen LogP contribution is 2.27. The van der Waals surface area contributed by atoms with Gasteiger partial charge in [-0.3, -0.25) is 0 Å². The van der Waals surface area contributed by atoms with Crippen molar-refractivity contribution in [2.24, 2.45) is 5.92 Å². The average molecular weight is 267 g/mol. The molecule has 2 aromatic rings. The quantitative estimate of drug-likeness (QED) is 0.864. The molecule has 6 heteroatoms. The normalized spacial score (nSPS) is 11.2.